The van der Waals surface area contributed by atoms with Gasteiger partial charge in [-0.25, -0.2) is 4.98 Å². The van der Waals surface area contributed by atoms with Crippen LogP contribution >= 0.6 is 0 Å². The number of anilines is 2. The molecule has 0 saturated carbocycles. The zero-order valence-electron chi connectivity index (χ0n) is 10.8. The third kappa shape index (κ3) is 2.31. The molecule has 2 heterocycles. The van der Waals surface area contributed by atoms with Gasteiger partial charge in [0.2, 0.25) is 5.95 Å². The van der Waals surface area contributed by atoms with E-state index < -0.39 is 0 Å². The van der Waals surface area contributed by atoms with Crippen LogP contribution in [-0.4, -0.2) is 23.6 Å². The number of fused-ring (bicyclic) bond motifs is 1. The largest absolute Gasteiger partial charge is 0.497 e. The normalized spacial score (nSPS) is 12.9. The van der Waals surface area contributed by atoms with Crippen LogP contribution in [0, 0.1) is 0 Å². The first-order valence-corrected chi connectivity index (χ1v) is 6.28. The lowest BCUT2D eigenvalue weighted by Crippen LogP contribution is -2.04. The van der Waals surface area contributed by atoms with Gasteiger partial charge < -0.3 is 15.8 Å². The van der Waals surface area contributed by atoms with E-state index in [1.54, 1.807) is 7.11 Å². The van der Waals surface area contributed by atoms with Gasteiger partial charge in [-0.3, -0.25) is 0 Å². The van der Waals surface area contributed by atoms with E-state index in [0.717, 1.165) is 42.2 Å². The van der Waals surface area contributed by atoms with E-state index in [9.17, 15) is 0 Å². The fourth-order valence-corrected chi connectivity index (χ4v) is 2.39. The molecule has 0 fully saturated rings. The Balaban J connectivity index is 1.95. The summed E-state index contributed by atoms with van der Waals surface area (Å²) in [6.45, 7) is 0.901. The first-order valence-electron chi connectivity index (χ1n) is 6.28. The van der Waals surface area contributed by atoms with Crippen molar-refractivity contribution >= 4 is 11.8 Å². The molecule has 0 bridgehead atoms. The molecule has 0 atom stereocenters. The van der Waals surface area contributed by atoms with Crippen molar-refractivity contribution < 1.29 is 4.74 Å². The standard InChI is InChI=1S/C14H16N4O/c1-19-10-4-2-3-9(7-10)8-12-11-5-6-16-13(11)18-14(15)17-12/h2-4,7H,5-6,8H2,1H3,(H3,15,16,17,18). The van der Waals surface area contributed by atoms with Gasteiger partial charge in [0.15, 0.2) is 0 Å². The van der Waals surface area contributed by atoms with Gasteiger partial charge >= 0.3 is 0 Å². The summed E-state index contributed by atoms with van der Waals surface area (Å²) in [6.07, 6.45) is 1.70. The number of nitrogen functional groups attached to an aromatic ring is 1. The number of nitrogens with zero attached hydrogens (tertiary/aromatic N) is 2. The zero-order valence-corrected chi connectivity index (χ0v) is 10.8. The molecule has 19 heavy (non-hydrogen) atoms. The highest BCUT2D eigenvalue weighted by Crippen LogP contribution is 2.25. The molecule has 1 aromatic heterocycles. The molecule has 0 unspecified atom stereocenters. The number of rotatable bonds is 3. The molecule has 1 aliphatic rings. The van der Waals surface area contributed by atoms with E-state index in [1.807, 2.05) is 18.2 Å². The third-order valence-corrected chi connectivity index (χ3v) is 3.28. The van der Waals surface area contributed by atoms with Gasteiger partial charge in [0, 0.05) is 18.5 Å². The summed E-state index contributed by atoms with van der Waals surface area (Å²) >= 11 is 0. The van der Waals surface area contributed by atoms with Gasteiger partial charge in [-0.15, -0.1) is 0 Å². The maximum Gasteiger partial charge on any atom is 0.222 e. The number of nitrogens with one attached hydrogen (secondary N) is 1. The van der Waals surface area contributed by atoms with Crippen LogP contribution < -0.4 is 15.8 Å². The molecule has 0 saturated heterocycles. The minimum absolute atomic E-state index is 0.325. The molecule has 0 spiro atoms. The number of nitrogens with two attached hydrogens (primary N) is 1. The van der Waals surface area contributed by atoms with Crippen LogP contribution in [0.2, 0.25) is 0 Å². The van der Waals surface area contributed by atoms with Crippen molar-refractivity contribution in [1.29, 1.82) is 0 Å². The zero-order chi connectivity index (χ0) is 13.2. The Morgan fingerprint density at radius 2 is 2.26 bits per heavy atom. The van der Waals surface area contributed by atoms with E-state index in [0.29, 0.717) is 5.95 Å². The summed E-state index contributed by atoms with van der Waals surface area (Å²) in [5, 5.41) is 3.23. The van der Waals surface area contributed by atoms with Gasteiger partial charge in [-0.05, 0) is 24.1 Å². The van der Waals surface area contributed by atoms with Crippen LogP contribution in [0.3, 0.4) is 0 Å². The first kappa shape index (κ1) is 11.8. The second-order valence-corrected chi connectivity index (χ2v) is 4.56. The molecule has 3 N–H and O–H groups in total. The van der Waals surface area contributed by atoms with Crippen molar-refractivity contribution in [3.8, 4) is 5.75 Å². The van der Waals surface area contributed by atoms with Crippen LogP contribution in [0.4, 0.5) is 11.8 Å². The molecule has 0 amide bonds. The lowest BCUT2D eigenvalue weighted by atomic mass is 10.0. The summed E-state index contributed by atoms with van der Waals surface area (Å²) in [4.78, 5) is 8.60. The van der Waals surface area contributed by atoms with Gasteiger partial charge in [0.05, 0.1) is 12.8 Å². The highest BCUT2D eigenvalue weighted by molar-refractivity contribution is 5.54. The summed E-state index contributed by atoms with van der Waals surface area (Å²) in [6, 6.07) is 8.00. The molecular formula is C14H16N4O. The fraction of sp³-hybridized carbons (Fsp3) is 0.286. The second-order valence-electron chi connectivity index (χ2n) is 4.56. The van der Waals surface area contributed by atoms with Gasteiger partial charge in [-0.2, -0.15) is 4.98 Å². The Morgan fingerprint density at radius 3 is 3.11 bits per heavy atom. The number of aromatic nitrogens is 2. The maximum absolute atomic E-state index is 5.75. The molecule has 1 aromatic carbocycles. The average Bonchev–Trinajstić information content (AvgIpc) is 2.87. The molecule has 1 aliphatic heterocycles. The van der Waals surface area contributed by atoms with Crippen molar-refractivity contribution in [1.82, 2.24) is 9.97 Å². The Hall–Kier alpha value is -2.30. The molecular weight excluding hydrogens is 240 g/mol. The molecule has 2 aromatic rings. The maximum atomic E-state index is 5.75. The second kappa shape index (κ2) is 4.76. The van der Waals surface area contributed by atoms with Crippen LogP contribution in [0.1, 0.15) is 16.8 Å². The van der Waals surface area contributed by atoms with Crippen molar-refractivity contribution in [2.45, 2.75) is 12.8 Å². The number of ether oxygens (including phenoxy) is 1. The van der Waals surface area contributed by atoms with E-state index in [2.05, 4.69) is 21.4 Å². The summed E-state index contributed by atoms with van der Waals surface area (Å²) in [5.74, 6) is 2.06. The topological polar surface area (TPSA) is 73.1 Å². The minimum Gasteiger partial charge on any atom is -0.497 e. The molecule has 3 rings (SSSR count). The fourth-order valence-electron chi connectivity index (χ4n) is 2.39. The van der Waals surface area contributed by atoms with Gasteiger partial charge in [0.25, 0.3) is 0 Å². The Kier molecular flexibility index (Phi) is 2.95. The minimum atomic E-state index is 0.325. The predicted molar refractivity (Wildman–Crippen MR) is 74.4 cm³/mol. The lowest BCUT2D eigenvalue weighted by molar-refractivity contribution is 0.414. The summed E-state index contributed by atoms with van der Waals surface area (Å²) in [7, 11) is 1.67. The number of methoxy groups -OCH3 is 1. The molecule has 0 aliphatic carbocycles. The highest BCUT2D eigenvalue weighted by atomic mass is 16.5. The average molecular weight is 256 g/mol. The number of benzene rings is 1. The van der Waals surface area contributed by atoms with Crippen molar-refractivity contribution in [3.05, 3.63) is 41.1 Å². The Labute approximate surface area is 111 Å². The molecule has 5 heteroatoms. The van der Waals surface area contributed by atoms with Gasteiger partial charge in [0.1, 0.15) is 11.6 Å². The summed E-state index contributed by atoms with van der Waals surface area (Å²) in [5.41, 5.74) is 9.09. The van der Waals surface area contributed by atoms with E-state index >= 15 is 0 Å². The predicted octanol–water partition coefficient (Wildman–Crippen LogP) is 1.63. The number of hydrogen-bond acceptors (Lipinski definition) is 5. The van der Waals surface area contributed by atoms with Crippen LogP contribution in [0.5, 0.6) is 5.75 Å². The Morgan fingerprint density at radius 1 is 1.37 bits per heavy atom. The first-order chi connectivity index (χ1) is 9.26. The number of hydrogen-bond donors (Lipinski definition) is 2. The van der Waals surface area contributed by atoms with E-state index in [-0.39, 0.29) is 0 Å². The highest BCUT2D eigenvalue weighted by Gasteiger charge is 2.18. The molecule has 5 nitrogen and oxygen atoms in total. The monoisotopic (exact) mass is 256 g/mol. The van der Waals surface area contributed by atoms with Crippen molar-refractivity contribution in [2.24, 2.45) is 0 Å². The van der Waals surface area contributed by atoms with E-state index in [4.69, 9.17) is 10.5 Å². The Bertz CT molecular complexity index is 612. The van der Waals surface area contributed by atoms with Crippen molar-refractivity contribution in [3.63, 3.8) is 0 Å². The molecule has 98 valence electrons. The SMILES string of the molecule is COc1cccc(Cc2nc(N)nc3c2CCN3)c1. The third-order valence-electron chi connectivity index (χ3n) is 3.28. The smallest absolute Gasteiger partial charge is 0.222 e. The van der Waals surface area contributed by atoms with Gasteiger partial charge in [-0.1, -0.05) is 12.1 Å². The van der Waals surface area contributed by atoms with Crippen molar-refractivity contribution in [2.75, 3.05) is 24.7 Å². The van der Waals surface area contributed by atoms with Crippen LogP contribution in [-0.2, 0) is 12.8 Å². The van der Waals surface area contributed by atoms with Crippen LogP contribution in [0.25, 0.3) is 0 Å². The quantitative estimate of drug-likeness (QED) is 0.873. The molecule has 0 radical (unpaired) electrons. The van der Waals surface area contributed by atoms with Crippen LogP contribution in [0.15, 0.2) is 24.3 Å². The van der Waals surface area contributed by atoms with E-state index in [1.165, 1.54) is 5.56 Å². The lowest BCUT2D eigenvalue weighted by Gasteiger charge is -2.08. The summed E-state index contributed by atoms with van der Waals surface area (Å²) < 4.78 is 5.24.